The minimum absolute atomic E-state index is 0.234. The van der Waals surface area contributed by atoms with Gasteiger partial charge in [0.2, 0.25) is 5.91 Å². The predicted octanol–water partition coefficient (Wildman–Crippen LogP) is 5.11. The van der Waals surface area contributed by atoms with Crippen LogP contribution in [0.25, 0.3) is 16.5 Å². The van der Waals surface area contributed by atoms with Crippen LogP contribution in [-0.2, 0) is 4.79 Å². The summed E-state index contributed by atoms with van der Waals surface area (Å²) in [7, 11) is 3.18. The zero-order valence-corrected chi connectivity index (χ0v) is 16.2. The van der Waals surface area contributed by atoms with E-state index in [1.165, 1.54) is 0 Å². The van der Waals surface area contributed by atoms with E-state index in [4.69, 9.17) is 13.9 Å². The van der Waals surface area contributed by atoms with Crippen LogP contribution in [0.15, 0.2) is 47.1 Å². The molecule has 0 aliphatic rings. The van der Waals surface area contributed by atoms with Gasteiger partial charge >= 0.3 is 0 Å². The second-order valence-corrected chi connectivity index (χ2v) is 6.49. The summed E-state index contributed by atoms with van der Waals surface area (Å²) < 4.78 is 16.3. The number of rotatable bonds is 5. The molecule has 0 fully saturated rings. The second kappa shape index (κ2) is 7.58. The van der Waals surface area contributed by atoms with E-state index in [1.807, 2.05) is 51.1 Å². The van der Waals surface area contributed by atoms with Crippen molar-refractivity contribution in [3.8, 4) is 11.5 Å². The zero-order chi connectivity index (χ0) is 19.6. The molecule has 0 spiro atoms. The Morgan fingerprint density at radius 2 is 1.81 bits per heavy atom. The maximum Gasteiger partial charge on any atom is 0.248 e. The number of fused-ring (bicyclic) bond motifs is 1. The van der Waals surface area contributed by atoms with E-state index in [9.17, 15) is 4.79 Å². The van der Waals surface area contributed by atoms with Crippen LogP contribution in [0.5, 0.6) is 11.5 Å². The SMILES string of the molecule is COc1ccc(C)cc1NC(=O)/C=C(\C)c1cc2c(C)coc2cc1OC. The standard InChI is InChI=1S/C22H23NO4/c1-13-6-7-19(25-4)18(8-13)23-22(24)9-14(2)16-10-17-15(3)12-27-21(17)11-20(16)26-5/h6-12H,1-5H3,(H,23,24)/b14-9+. The Bertz CT molecular complexity index is 1030. The molecule has 0 aliphatic heterocycles. The van der Waals surface area contributed by atoms with E-state index in [0.29, 0.717) is 17.2 Å². The van der Waals surface area contributed by atoms with Gasteiger partial charge in [-0.1, -0.05) is 6.07 Å². The number of carbonyl (C=O) groups excluding carboxylic acids is 1. The highest BCUT2D eigenvalue weighted by Crippen LogP contribution is 2.33. The molecular formula is C22H23NO4. The fourth-order valence-corrected chi connectivity index (χ4v) is 3.02. The Labute approximate surface area is 158 Å². The number of allylic oxidation sites excluding steroid dienone is 1. The lowest BCUT2D eigenvalue weighted by atomic mass is 10.0. The number of furan rings is 1. The Morgan fingerprint density at radius 3 is 2.52 bits per heavy atom. The van der Waals surface area contributed by atoms with Crippen LogP contribution in [0.3, 0.4) is 0 Å². The van der Waals surface area contributed by atoms with Crippen molar-refractivity contribution < 1.29 is 18.7 Å². The highest BCUT2D eigenvalue weighted by molar-refractivity contribution is 6.05. The summed E-state index contributed by atoms with van der Waals surface area (Å²) in [5, 5.41) is 3.88. The fraction of sp³-hybridized carbons (Fsp3) is 0.227. The molecule has 0 aliphatic carbocycles. The van der Waals surface area contributed by atoms with Crippen LogP contribution < -0.4 is 14.8 Å². The lowest BCUT2D eigenvalue weighted by molar-refractivity contribution is -0.111. The molecular weight excluding hydrogens is 342 g/mol. The monoisotopic (exact) mass is 365 g/mol. The lowest BCUT2D eigenvalue weighted by Crippen LogP contribution is -2.10. The van der Waals surface area contributed by atoms with Crippen molar-refractivity contribution in [2.75, 3.05) is 19.5 Å². The first-order valence-electron chi connectivity index (χ1n) is 8.63. The van der Waals surface area contributed by atoms with Crippen molar-refractivity contribution >= 4 is 28.1 Å². The molecule has 0 unspecified atom stereocenters. The van der Waals surface area contributed by atoms with E-state index in [2.05, 4.69) is 5.32 Å². The van der Waals surface area contributed by atoms with Gasteiger partial charge in [-0.25, -0.2) is 0 Å². The van der Waals surface area contributed by atoms with Gasteiger partial charge in [-0.2, -0.15) is 0 Å². The van der Waals surface area contributed by atoms with Crippen molar-refractivity contribution in [3.05, 3.63) is 59.4 Å². The number of benzene rings is 2. The van der Waals surface area contributed by atoms with Gasteiger partial charge in [-0.05, 0) is 55.7 Å². The van der Waals surface area contributed by atoms with Crippen LogP contribution in [0, 0.1) is 13.8 Å². The minimum Gasteiger partial charge on any atom is -0.496 e. The maximum atomic E-state index is 12.6. The van der Waals surface area contributed by atoms with E-state index in [1.54, 1.807) is 26.6 Å². The molecule has 3 aromatic rings. The number of amides is 1. The molecule has 1 amide bonds. The zero-order valence-electron chi connectivity index (χ0n) is 16.2. The van der Waals surface area contributed by atoms with Gasteiger partial charge in [-0.3, -0.25) is 4.79 Å². The normalized spacial score (nSPS) is 11.5. The van der Waals surface area contributed by atoms with Crippen LogP contribution in [0.2, 0.25) is 0 Å². The Morgan fingerprint density at radius 1 is 1.07 bits per heavy atom. The summed E-state index contributed by atoms with van der Waals surface area (Å²) in [5.41, 5.74) is 5.11. The molecule has 3 rings (SSSR count). The first-order valence-corrected chi connectivity index (χ1v) is 8.63. The van der Waals surface area contributed by atoms with Gasteiger partial charge in [0, 0.05) is 23.1 Å². The summed E-state index contributed by atoms with van der Waals surface area (Å²) in [6.07, 6.45) is 3.27. The Kier molecular flexibility index (Phi) is 5.21. The molecule has 0 radical (unpaired) electrons. The van der Waals surface area contributed by atoms with Gasteiger partial charge in [0.1, 0.15) is 17.1 Å². The number of aryl methyl sites for hydroxylation is 2. The average molecular weight is 365 g/mol. The Hall–Kier alpha value is -3.21. The fourth-order valence-electron chi connectivity index (χ4n) is 3.02. The summed E-state index contributed by atoms with van der Waals surface area (Å²) in [5.74, 6) is 1.04. The first-order chi connectivity index (χ1) is 12.9. The number of methoxy groups -OCH3 is 2. The van der Waals surface area contributed by atoms with Crippen molar-refractivity contribution in [1.82, 2.24) is 0 Å². The second-order valence-electron chi connectivity index (χ2n) is 6.49. The predicted molar refractivity (Wildman–Crippen MR) is 108 cm³/mol. The molecule has 5 nitrogen and oxygen atoms in total. The molecule has 0 saturated heterocycles. The van der Waals surface area contributed by atoms with Gasteiger partial charge < -0.3 is 19.2 Å². The van der Waals surface area contributed by atoms with E-state index >= 15 is 0 Å². The van der Waals surface area contributed by atoms with Crippen LogP contribution >= 0.6 is 0 Å². The highest BCUT2D eigenvalue weighted by Gasteiger charge is 2.13. The average Bonchev–Trinajstić information content (AvgIpc) is 3.00. The highest BCUT2D eigenvalue weighted by atomic mass is 16.5. The number of ether oxygens (including phenoxy) is 2. The molecule has 0 saturated carbocycles. The molecule has 1 heterocycles. The summed E-state index contributed by atoms with van der Waals surface area (Å²) in [6.45, 7) is 5.83. The third kappa shape index (κ3) is 3.82. The number of hydrogen-bond donors (Lipinski definition) is 1. The number of anilines is 1. The third-order valence-corrected chi connectivity index (χ3v) is 4.47. The summed E-state index contributed by atoms with van der Waals surface area (Å²) >= 11 is 0. The van der Waals surface area contributed by atoms with E-state index in [-0.39, 0.29) is 5.91 Å². The van der Waals surface area contributed by atoms with Crippen molar-refractivity contribution in [2.45, 2.75) is 20.8 Å². The van der Waals surface area contributed by atoms with Gasteiger partial charge in [0.25, 0.3) is 0 Å². The van der Waals surface area contributed by atoms with E-state index < -0.39 is 0 Å². The smallest absolute Gasteiger partial charge is 0.248 e. The third-order valence-electron chi connectivity index (χ3n) is 4.47. The van der Waals surface area contributed by atoms with Gasteiger partial charge in [-0.15, -0.1) is 0 Å². The number of nitrogens with one attached hydrogen (secondary N) is 1. The van der Waals surface area contributed by atoms with Crippen LogP contribution in [-0.4, -0.2) is 20.1 Å². The van der Waals surface area contributed by atoms with E-state index in [0.717, 1.165) is 33.2 Å². The topological polar surface area (TPSA) is 60.7 Å². The molecule has 140 valence electrons. The summed E-state index contributed by atoms with van der Waals surface area (Å²) in [6, 6.07) is 9.47. The molecule has 2 aromatic carbocycles. The van der Waals surface area contributed by atoms with Crippen molar-refractivity contribution in [1.29, 1.82) is 0 Å². The number of carbonyl (C=O) groups is 1. The molecule has 0 atom stereocenters. The molecule has 1 N–H and O–H groups in total. The largest absolute Gasteiger partial charge is 0.496 e. The van der Waals surface area contributed by atoms with Crippen LogP contribution in [0.1, 0.15) is 23.6 Å². The molecule has 0 bridgehead atoms. The first kappa shape index (κ1) is 18.6. The van der Waals surface area contributed by atoms with Crippen molar-refractivity contribution in [2.24, 2.45) is 0 Å². The quantitative estimate of drug-likeness (QED) is 0.638. The van der Waals surface area contributed by atoms with Gasteiger partial charge in [0.15, 0.2) is 0 Å². The molecule has 5 heteroatoms. The summed E-state index contributed by atoms with van der Waals surface area (Å²) in [4.78, 5) is 12.6. The van der Waals surface area contributed by atoms with Crippen LogP contribution in [0.4, 0.5) is 5.69 Å². The molecule has 27 heavy (non-hydrogen) atoms. The number of hydrogen-bond acceptors (Lipinski definition) is 4. The minimum atomic E-state index is -0.234. The lowest BCUT2D eigenvalue weighted by Gasteiger charge is -2.11. The van der Waals surface area contributed by atoms with Gasteiger partial charge in [0.05, 0.1) is 26.2 Å². The maximum absolute atomic E-state index is 12.6. The Balaban J connectivity index is 1.93. The molecule has 1 aromatic heterocycles. The van der Waals surface area contributed by atoms with Crippen molar-refractivity contribution in [3.63, 3.8) is 0 Å².